The van der Waals surface area contributed by atoms with Gasteiger partial charge in [-0.2, -0.15) is 0 Å². The van der Waals surface area contributed by atoms with Crippen LogP contribution in [0.3, 0.4) is 0 Å². The maximum atomic E-state index is 11.0. The molecule has 4 fully saturated rings. The SMILES string of the molecule is COCCOCOc1ccc(C#Cc2ccc(C(=O)O)cn2)cc1C12CC3CC(CC(C3)C1)C2. The van der Waals surface area contributed by atoms with Crippen molar-refractivity contribution in [2.45, 2.75) is 43.9 Å². The molecule has 6 heteroatoms. The second kappa shape index (κ2) is 9.77. The molecule has 1 aromatic carbocycles. The Labute approximate surface area is 200 Å². The molecule has 4 bridgehead atoms. The monoisotopic (exact) mass is 461 g/mol. The number of hydrogen-bond donors (Lipinski definition) is 1. The molecule has 6 rings (SSSR count). The molecule has 1 heterocycles. The zero-order chi connectivity index (χ0) is 23.5. The van der Waals surface area contributed by atoms with Gasteiger partial charge >= 0.3 is 5.97 Å². The van der Waals surface area contributed by atoms with Crippen molar-refractivity contribution in [2.75, 3.05) is 27.1 Å². The van der Waals surface area contributed by atoms with Crippen LogP contribution in [0.2, 0.25) is 0 Å². The molecule has 0 unspecified atom stereocenters. The summed E-state index contributed by atoms with van der Waals surface area (Å²) in [7, 11) is 1.66. The molecule has 178 valence electrons. The van der Waals surface area contributed by atoms with Crippen LogP contribution in [0.5, 0.6) is 5.75 Å². The molecular weight excluding hydrogens is 430 g/mol. The number of ether oxygens (including phenoxy) is 3. The fourth-order valence-corrected chi connectivity index (χ4v) is 6.63. The van der Waals surface area contributed by atoms with Gasteiger partial charge in [0.25, 0.3) is 0 Å². The predicted molar refractivity (Wildman–Crippen MR) is 127 cm³/mol. The smallest absolute Gasteiger partial charge is 0.337 e. The highest BCUT2D eigenvalue weighted by molar-refractivity contribution is 5.87. The van der Waals surface area contributed by atoms with Gasteiger partial charge in [-0.3, -0.25) is 0 Å². The van der Waals surface area contributed by atoms with Gasteiger partial charge in [-0.25, -0.2) is 9.78 Å². The second-order valence-electron chi connectivity index (χ2n) is 10.1. The van der Waals surface area contributed by atoms with Crippen LogP contribution >= 0.6 is 0 Å². The highest BCUT2D eigenvalue weighted by atomic mass is 16.7. The number of carboxylic acid groups (broad SMARTS) is 1. The average molecular weight is 462 g/mol. The maximum Gasteiger partial charge on any atom is 0.337 e. The molecular formula is C28H31NO5. The van der Waals surface area contributed by atoms with E-state index in [1.807, 2.05) is 12.1 Å². The normalized spacial score (nSPS) is 26.7. The van der Waals surface area contributed by atoms with E-state index in [1.165, 1.54) is 56.4 Å². The first kappa shape index (κ1) is 22.9. The lowest BCUT2D eigenvalue weighted by molar-refractivity contribution is -0.0189. The van der Waals surface area contributed by atoms with Gasteiger partial charge in [0.05, 0.1) is 18.8 Å². The fraction of sp³-hybridized carbons (Fsp3) is 0.500. The Morgan fingerprint density at radius 1 is 1.06 bits per heavy atom. The van der Waals surface area contributed by atoms with Crippen LogP contribution in [-0.4, -0.2) is 43.2 Å². The van der Waals surface area contributed by atoms with Crippen LogP contribution in [0.4, 0.5) is 0 Å². The molecule has 0 aliphatic heterocycles. The Hall–Kier alpha value is -2.88. The number of pyridine rings is 1. The van der Waals surface area contributed by atoms with Crippen molar-refractivity contribution >= 4 is 5.97 Å². The van der Waals surface area contributed by atoms with E-state index in [2.05, 4.69) is 22.9 Å². The topological polar surface area (TPSA) is 77.9 Å². The maximum absolute atomic E-state index is 11.0. The van der Waals surface area contributed by atoms with Crippen molar-refractivity contribution < 1.29 is 24.1 Å². The fourth-order valence-electron chi connectivity index (χ4n) is 6.63. The number of methoxy groups -OCH3 is 1. The van der Waals surface area contributed by atoms with Crippen LogP contribution in [0.15, 0.2) is 36.5 Å². The Kier molecular flexibility index (Phi) is 6.58. The first-order valence-corrected chi connectivity index (χ1v) is 12.1. The number of hydrogen-bond acceptors (Lipinski definition) is 5. The van der Waals surface area contributed by atoms with Gasteiger partial charge in [-0.1, -0.05) is 5.92 Å². The summed E-state index contributed by atoms with van der Waals surface area (Å²) in [6.45, 7) is 1.25. The average Bonchev–Trinajstić information content (AvgIpc) is 2.82. The van der Waals surface area contributed by atoms with E-state index in [0.717, 1.165) is 29.1 Å². The quantitative estimate of drug-likeness (QED) is 0.350. The van der Waals surface area contributed by atoms with Gasteiger partial charge in [0.2, 0.25) is 0 Å². The lowest BCUT2D eigenvalue weighted by Gasteiger charge is -2.57. The second-order valence-corrected chi connectivity index (χ2v) is 10.1. The van der Waals surface area contributed by atoms with Gasteiger partial charge in [0.1, 0.15) is 11.4 Å². The number of aromatic nitrogens is 1. The molecule has 0 atom stereocenters. The third-order valence-corrected chi connectivity index (χ3v) is 7.66. The molecule has 4 aliphatic carbocycles. The molecule has 1 aromatic heterocycles. The molecule has 34 heavy (non-hydrogen) atoms. The van der Waals surface area contributed by atoms with Crippen LogP contribution in [0.1, 0.15) is 65.7 Å². The minimum atomic E-state index is -0.992. The van der Waals surface area contributed by atoms with E-state index in [1.54, 1.807) is 13.2 Å². The van der Waals surface area contributed by atoms with Crippen molar-refractivity contribution in [1.29, 1.82) is 0 Å². The lowest BCUT2D eigenvalue weighted by Crippen LogP contribution is -2.48. The van der Waals surface area contributed by atoms with E-state index < -0.39 is 5.97 Å². The molecule has 4 aliphatic rings. The van der Waals surface area contributed by atoms with E-state index >= 15 is 0 Å². The molecule has 6 nitrogen and oxygen atoms in total. The van der Waals surface area contributed by atoms with Crippen molar-refractivity contribution in [3.05, 3.63) is 58.9 Å². The highest BCUT2D eigenvalue weighted by Gasteiger charge is 2.52. The summed E-state index contributed by atoms with van der Waals surface area (Å²) in [6, 6.07) is 9.38. The Morgan fingerprint density at radius 2 is 1.79 bits per heavy atom. The van der Waals surface area contributed by atoms with Crippen LogP contribution in [-0.2, 0) is 14.9 Å². The summed E-state index contributed by atoms with van der Waals surface area (Å²) in [5.41, 5.74) is 3.05. The summed E-state index contributed by atoms with van der Waals surface area (Å²) >= 11 is 0. The highest BCUT2D eigenvalue weighted by Crippen LogP contribution is 2.61. The van der Waals surface area contributed by atoms with Crippen molar-refractivity contribution in [3.63, 3.8) is 0 Å². The Bertz CT molecular complexity index is 1060. The van der Waals surface area contributed by atoms with Crippen molar-refractivity contribution in [1.82, 2.24) is 4.98 Å². The van der Waals surface area contributed by atoms with Gasteiger partial charge in [0, 0.05) is 24.4 Å². The van der Waals surface area contributed by atoms with Gasteiger partial charge in [-0.15, -0.1) is 0 Å². The van der Waals surface area contributed by atoms with E-state index in [0.29, 0.717) is 18.9 Å². The molecule has 0 saturated heterocycles. The van der Waals surface area contributed by atoms with Crippen molar-refractivity contribution in [3.8, 4) is 17.6 Å². The number of benzene rings is 1. The molecule has 0 spiro atoms. The van der Waals surface area contributed by atoms with Gasteiger partial charge in [0.15, 0.2) is 6.79 Å². The summed E-state index contributed by atoms with van der Waals surface area (Å²) in [6.07, 6.45) is 9.18. The first-order chi connectivity index (χ1) is 16.5. The number of carbonyl (C=O) groups is 1. The van der Waals surface area contributed by atoms with Gasteiger partial charge in [-0.05, 0) is 97.9 Å². The zero-order valence-corrected chi connectivity index (χ0v) is 19.6. The number of rotatable bonds is 8. The summed E-state index contributed by atoms with van der Waals surface area (Å²) in [5.74, 6) is 8.68. The zero-order valence-electron chi connectivity index (χ0n) is 19.6. The summed E-state index contributed by atoms with van der Waals surface area (Å²) < 4.78 is 16.8. The lowest BCUT2D eigenvalue weighted by atomic mass is 9.48. The van der Waals surface area contributed by atoms with Crippen molar-refractivity contribution in [2.24, 2.45) is 17.8 Å². The molecule has 1 N–H and O–H groups in total. The number of nitrogens with zero attached hydrogens (tertiary/aromatic N) is 1. The van der Waals surface area contributed by atoms with E-state index in [-0.39, 0.29) is 17.8 Å². The molecule has 0 radical (unpaired) electrons. The third-order valence-electron chi connectivity index (χ3n) is 7.66. The molecule has 0 amide bonds. The standard InChI is InChI=1S/C28H31NO5/c1-32-8-9-33-18-34-26-7-3-19(2-5-24-6-4-23(17-29-24)27(30)31)13-25(26)28-14-20-10-21(15-28)12-22(11-20)16-28/h3-4,6-7,13,17,20-22H,8-12,14-16,18H2,1H3,(H,30,31). The van der Waals surface area contributed by atoms with E-state index in [9.17, 15) is 4.79 Å². The largest absolute Gasteiger partial charge is 0.478 e. The van der Waals surface area contributed by atoms with E-state index in [4.69, 9.17) is 19.3 Å². The summed E-state index contributed by atoms with van der Waals surface area (Å²) in [5, 5.41) is 9.06. The van der Waals surface area contributed by atoms with Gasteiger partial charge < -0.3 is 19.3 Å². The van der Waals surface area contributed by atoms with Crippen LogP contribution < -0.4 is 4.74 Å². The molecule has 4 saturated carbocycles. The van der Waals surface area contributed by atoms with Crippen LogP contribution in [0, 0.1) is 29.6 Å². The minimum absolute atomic E-state index is 0.156. The number of aromatic carboxylic acids is 1. The minimum Gasteiger partial charge on any atom is -0.478 e. The Morgan fingerprint density at radius 3 is 2.41 bits per heavy atom. The number of carboxylic acids is 1. The first-order valence-electron chi connectivity index (χ1n) is 12.1. The van der Waals surface area contributed by atoms with Crippen LogP contribution in [0.25, 0.3) is 0 Å². The summed E-state index contributed by atoms with van der Waals surface area (Å²) in [4.78, 5) is 15.2. The predicted octanol–water partition coefficient (Wildman–Crippen LogP) is 4.65. The molecule has 2 aromatic rings. The third kappa shape index (κ3) is 4.82. The Balaban J connectivity index is 1.42.